The first-order chi connectivity index (χ1) is 1.73. The molecule has 0 rings (SSSR count). The molecule has 0 aliphatic rings. The second-order valence-electron chi connectivity index (χ2n) is 0.192. The third-order valence-electron chi connectivity index (χ3n) is 0. The fourth-order valence-corrected chi connectivity index (χ4v) is 0. The molecule has 0 saturated carbocycles. The molecule has 0 atom stereocenters. The van der Waals surface area contributed by atoms with Crippen molar-refractivity contribution in [3.8, 4) is 0 Å². The summed E-state index contributed by atoms with van der Waals surface area (Å²) >= 11 is 0. The van der Waals surface area contributed by atoms with Crippen molar-refractivity contribution < 1.29 is 0 Å². The minimum atomic E-state index is -1.20. The molecule has 0 aliphatic carbocycles. The first-order valence-electron chi connectivity index (χ1n) is 0.507. The highest BCUT2D eigenvalue weighted by Crippen LogP contribution is 2.40. The van der Waals surface area contributed by atoms with E-state index in [1.54, 1.807) is 0 Å². The molecule has 0 nitrogen and oxygen atoms in total. The Balaban J connectivity index is 2.32. The van der Waals surface area contributed by atoms with Gasteiger partial charge < -0.3 is 0 Å². The molecule has 0 heterocycles. The standard InChI is InChI=1S/Cl3HS/c1-4(2)3/h4H. The van der Waals surface area contributed by atoms with Gasteiger partial charge in [-0.15, -0.1) is 0 Å². The lowest BCUT2D eigenvalue weighted by Crippen LogP contribution is -1.06. The van der Waals surface area contributed by atoms with Crippen LogP contribution in [0.4, 0.5) is 0 Å². The minimum Gasteiger partial charge on any atom is -0.0383 e. The lowest BCUT2D eigenvalue weighted by molar-refractivity contribution is 4.79. The Morgan fingerprint density at radius 2 is 1.00 bits per heavy atom. The number of rotatable bonds is 0. The van der Waals surface area contributed by atoms with Crippen molar-refractivity contribution in [3.05, 3.63) is 0 Å². The number of hydrogen-bond acceptors (Lipinski definition) is 0. The van der Waals surface area contributed by atoms with Crippen LogP contribution in [0.2, 0.25) is 0 Å². The summed E-state index contributed by atoms with van der Waals surface area (Å²) in [6.45, 7) is 0. The van der Waals surface area contributed by atoms with Gasteiger partial charge in [0.1, 0.15) is 0 Å². The molecule has 0 aromatic carbocycles. The summed E-state index contributed by atoms with van der Waals surface area (Å²) in [5, 5.41) is 0. The van der Waals surface area contributed by atoms with E-state index in [-0.39, 0.29) is 0 Å². The van der Waals surface area contributed by atoms with Gasteiger partial charge in [0.2, 0.25) is 0 Å². The van der Waals surface area contributed by atoms with Gasteiger partial charge in [-0.25, -0.2) is 0 Å². The maximum Gasteiger partial charge on any atom is -0.0160 e. The normalized spacial score (nSPS) is 11.2. The molecule has 0 radical (unpaired) electrons. The molecule has 28 valence electrons. The van der Waals surface area contributed by atoms with E-state index in [1.807, 2.05) is 0 Å². The summed E-state index contributed by atoms with van der Waals surface area (Å²) in [6.07, 6.45) is 0. The third kappa shape index (κ3) is 10.7. The van der Waals surface area contributed by atoms with Crippen LogP contribution in [0, 0.1) is 0 Å². The Kier molecular flexibility index (Phi) is 3.21. The van der Waals surface area contributed by atoms with Gasteiger partial charge in [0.15, 0.2) is 0 Å². The van der Waals surface area contributed by atoms with Crippen LogP contribution in [-0.2, 0) is 0 Å². The highest BCUT2D eigenvalue weighted by atomic mass is 36.2. The van der Waals surface area contributed by atoms with Crippen molar-refractivity contribution in [2.75, 3.05) is 0 Å². The predicted octanol–water partition coefficient (Wildman–Crippen LogP) is 2.45. The van der Waals surface area contributed by atoms with Crippen LogP contribution >= 0.6 is 40.6 Å². The highest BCUT2D eigenvalue weighted by Gasteiger charge is 1.71. The number of hydrogen-bond donors (Lipinski definition) is 1. The van der Waals surface area contributed by atoms with E-state index in [4.69, 9.17) is 32.0 Å². The predicted molar refractivity (Wildman–Crippen MR) is 26.5 cm³/mol. The van der Waals surface area contributed by atoms with Crippen LogP contribution < -0.4 is 0 Å². The first-order valence-corrected chi connectivity index (χ1v) is 4.56. The van der Waals surface area contributed by atoms with Gasteiger partial charge in [-0.3, -0.25) is 0 Å². The van der Waals surface area contributed by atoms with Gasteiger partial charge in [0, 0.05) is 0 Å². The molecular weight excluding hydrogens is 138 g/mol. The molecule has 0 aromatic heterocycles. The molecule has 0 aromatic rings. The van der Waals surface area contributed by atoms with Crippen molar-refractivity contribution in [1.29, 1.82) is 0 Å². The van der Waals surface area contributed by atoms with E-state index < -0.39 is 8.54 Å². The lowest BCUT2D eigenvalue weighted by atomic mass is 31.3. The number of halogens is 3. The SMILES string of the molecule is Cl[SH](Cl)Cl. The van der Waals surface area contributed by atoms with Gasteiger partial charge in [-0.2, -0.15) is 0 Å². The Bertz CT molecular complexity index is 8.00. The maximum absolute atomic E-state index is 4.87. The second-order valence-corrected chi connectivity index (χ2v) is 5.17. The Labute approximate surface area is 40.9 Å². The average Bonchev–Trinajstić information content (AvgIpc) is 0.811. The summed E-state index contributed by atoms with van der Waals surface area (Å²) in [5.41, 5.74) is 0. The molecule has 0 N–H and O–H groups in total. The quantitative estimate of drug-likeness (QED) is 0.490. The highest BCUT2D eigenvalue weighted by molar-refractivity contribution is 8.66. The van der Waals surface area contributed by atoms with Gasteiger partial charge in [-0.05, 0) is 40.6 Å². The van der Waals surface area contributed by atoms with E-state index in [9.17, 15) is 0 Å². The smallest absolute Gasteiger partial charge is 0.0160 e. The molecule has 4 heteroatoms. The fourth-order valence-electron chi connectivity index (χ4n) is 0. The fraction of sp³-hybridized carbons (Fsp3) is 0. The molecular formula is HCl3S. The van der Waals surface area contributed by atoms with Crippen LogP contribution in [-0.4, -0.2) is 0 Å². The zero-order chi connectivity index (χ0) is 3.58. The zero-order valence-corrected chi connectivity index (χ0v) is 4.74. The molecule has 0 aliphatic heterocycles. The van der Waals surface area contributed by atoms with Crippen molar-refractivity contribution in [2.45, 2.75) is 0 Å². The molecule has 0 fully saturated rings. The Morgan fingerprint density at radius 3 is 1.00 bits per heavy atom. The maximum atomic E-state index is 4.87. The zero-order valence-electron chi connectivity index (χ0n) is 1.58. The minimum absolute atomic E-state index is 1.20. The summed E-state index contributed by atoms with van der Waals surface area (Å²) in [6, 6.07) is 0. The third-order valence-corrected chi connectivity index (χ3v) is 0. The van der Waals surface area contributed by atoms with Crippen LogP contribution in [0.5, 0.6) is 0 Å². The second kappa shape index (κ2) is 2.46. The van der Waals surface area contributed by atoms with E-state index in [1.165, 1.54) is 0 Å². The molecule has 0 bridgehead atoms. The van der Waals surface area contributed by atoms with Crippen molar-refractivity contribution >= 4 is 40.6 Å². The van der Waals surface area contributed by atoms with Crippen molar-refractivity contribution in [3.63, 3.8) is 0 Å². The topological polar surface area (TPSA) is 0 Å². The molecule has 0 unspecified atom stereocenters. The van der Waals surface area contributed by atoms with Gasteiger partial charge in [0.05, 0.1) is 0 Å². The van der Waals surface area contributed by atoms with Crippen LogP contribution in [0.1, 0.15) is 0 Å². The van der Waals surface area contributed by atoms with Gasteiger partial charge in [0.25, 0.3) is 0 Å². The summed E-state index contributed by atoms with van der Waals surface area (Å²) in [4.78, 5) is 0. The van der Waals surface area contributed by atoms with E-state index in [0.717, 1.165) is 0 Å². The van der Waals surface area contributed by atoms with Crippen LogP contribution in [0.3, 0.4) is 0 Å². The molecule has 0 amide bonds. The summed E-state index contributed by atoms with van der Waals surface area (Å²) in [7, 11) is 13.4. The van der Waals surface area contributed by atoms with Gasteiger partial charge >= 0.3 is 0 Å². The average molecular weight is 139 g/mol. The molecule has 0 saturated heterocycles. The Hall–Kier alpha value is 1.22. The van der Waals surface area contributed by atoms with Gasteiger partial charge in [-0.1, -0.05) is 0 Å². The summed E-state index contributed by atoms with van der Waals surface area (Å²) in [5.74, 6) is 0. The molecule has 0 spiro atoms. The van der Waals surface area contributed by atoms with Crippen LogP contribution in [0.25, 0.3) is 0 Å². The summed E-state index contributed by atoms with van der Waals surface area (Å²) < 4.78 is 0. The van der Waals surface area contributed by atoms with E-state index in [2.05, 4.69) is 0 Å². The van der Waals surface area contributed by atoms with Crippen LogP contribution in [0.15, 0.2) is 0 Å². The van der Waals surface area contributed by atoms with E-state index in [0.29, 0.717) is 0 Å². The first kappa shape index (κ1) is 5.22. The lowest BCUT2D eigenvalue weighted by Gasteiger charge is -1.76. The molecule has 4 heavy (non-hydrogen) atoms. The largest absolute Gasteiger partial charge is 0.0383 e. The van der Waals surface area contributed by atoms with Crippen molar-refractivity contribution in [2.24, 2.45) is 0 Å². The monoisotopic (exact) mass is 138 g/mol. The number of thiol groups is 1. The Morgan fingerprint density at radius 1 is 1.00 bits per heavy atom. The van der Waals surface area contributed by atoms with Crippen molar-refractivity contribution in [1.82, 2.24) is 0 Å². The van der Waals surface area contributed by atoms with E-state index >= 15 is 0 Å².